The first kappa shape index (κ1) is 10.8. The predicted molar refractivity (Wildman–Crippen MR) is 50.9 cm³/mol. The molecule has 0 rings (SSSR count). The molecule has 0 saturated heterocycles. The van der Waals surface area contributed by atoms with Gasteiger partial charge in [0, 0.05) is 13.6 Å². The van der Waals surface area contributed by atoms with Gasteiger partial charge >= 0.3 is 0 Å². The van der Waals surface area contributed by atoms with E-state index in [1.807, 2.05) is 7.05 Å². The standard InChI is InChI=1S/C8H17NOS/c1-6(2)5-9(4)8(10)7(3)11/h6-7,11H,5H2,1-4H3. The van der Waals surface area contributed by atoms with E-state index in [2.05, 4.69) is 26.5 Å². The third-order valence-electron chi connectivity index (χ3n) is 1.37. The molecule has 0 aliphatic carbocycles. The number of amides is 1. The number of carbonyl (C=O) groups is 1. The molecule has 1 atom stereocenters. The highest BCUT2D eigenvalue weighted by Gasteiger charge is 2.13. The highest BCUT2D eigenvalue weighted by atomic mass is 32.1. The van der Waals surface area contributed by atoms with Crippen LogP contribution in [-0.4, -0.2) is 29.6 Å². The summed E-state index contributed by atoms with van der Waals surface area (Å²) >= 11 is 4.06. The smallest absolute Gasteiger partial charge is 0.234 e. The van der Waals surface area contributed by atoms with Crippen molar-refractivity contribution in [2.45, 2.75) is 26.0 Å². The minimum Gasteiger partial charge on any atom is -0.345 e. The molecular weight excluding hydrogens is 158 g/mol. The minimum absolute atomic E-state index is 0.0991. The second-order valence-electron chi connectivity index (χ2n) is 3.29. The van der Waals surface area contributed by atoms with Crippen LogP contribution in [0.3, 0.4) is 0 Å². The molecule has 1 amide bonds. The molecule has 3 heteroatoms. The first-order chi connectivity index (χ1) is 4.95. The van der Waals surface area contributed by atoms with Crippen LogP contribution >= 0.6 is 12.6 Å². The maximum Gasteiger partial charge on any atom is 0.234 e. The van der Waals surface area contributed by atoms with Crippen LogP contribution in [0.15, 0.2) is 0 Å². The van der Waals surface area contributed by atoms with Gasteiger partial charge in [-0.25, -0.2) is 0 Å². The molecule has 11 heavy (non-hydrogen) atoms. The zero-order chi connectivity index (χ0) is 9.02. The molecule has 0 fully saturated rings. The Kier molecular flexibility index (Phi) is 4.57. The Morgan fingerprint density at radius 1 is 1.45 bits per heavy atom. The SMILES string of the molecule is CC(C)CN(C)C(=O)C(C)S. The average Bonchev–Trinajstić information content (AvgIpc) is 1.84. The van der Waals surface area contributed by atoms with E-state index in [1.54, 1.807) is 11.8 Å². The van der Waals surface area contributed by atoms with Crippen LogP contribution < -0.4 is 0 Å². The summed E-state index contributed by atoms with van der Waals surface area (Å²) in [5.74, 6) is 0.623. The van der Waals surface area contributed by atoms with Gasteiger partial charge in [-0.3, -0.25) is 4.79 Å². The lowest BCUT2D eigenvalue weighted by atomic mass is 10.2. The number of carbonyl (C=O) groups excluding carboxylic acids is 1. The Bertz CT molecular complexity index is 134. The van der Waals surface area contributed by atoms with E-state index >= 15 is 0 Å². The summed E-state index contributed by atoms with van der Waals surface area (Å²) in [4.78, 5) is 13.0. The van der Waals surface area contributed by atoms with Crippen LogP contribution in [-0.2, 0) is 4.79 Å². The summed E-state index contributed by atoms with van der Waals surface area (Å²) in [5.41, 5.74) is 0. The van der Waals surface area contributed by atoms with Crippen molar-refractivity contribution >= 4 is 18.5 Å². The van der Waals surface area contributed by atoms with Crippen molar-refractivity contribution in [2.24, 2.45) is 5.92 Å². The van der Waals surface area contributed by atoms with Crippen molar-refractivity contribution in [3.8, 4) is 0 Å². The minimum atomic E-state index is -0.182. The molecule has 0 spiro atoms. The molecule has 0 aliphatic heterocycles. The second kappa shape index (κ2) is 4.65. The molecule has 1 unspecified atom stereocenters. The number of nitrogens with zero attached hydrogens (tertiary/aromatic N) is 1. The van der Waals surface area contributed by atoms with Crippen LogP contribution in [0.5, 0.6) is 0 Å². The van der Waals surface area contributed by atoms with E-state index < -0.39 is 0 Å². The predicted octanol–water partition coefficient (Wildman–Crippen LogP) is 1.42. The van der Waals surface area contributed by atoms with E-state index in [4.69, 9.17) is 0 Å². The molecule has 0 heterocycles. The van der Waals surface area contributed by atoms with Gasteiger partial charge in [0.15, 0.2) is 0 Å². The molecular formula is C8H17NOS. The van der Waals surface area contributed by atoms with Gasteiger partial charge in [0.05, 0.1) is 5.25 Å². The zero-order valence-electron chi connectivity index (χ0n) is 7.66. The summed E-state index contributed by atoms with van der Waals surface area (Å²) in [7, 11) is 1.81. The Morgan fingerprint density at radius 2 is 1.91 bits per heavy atom. The summed E-state index contributed by atoms with van der Waals surface area (Å²) in [6.07, 6.45) is 0. The molecule has 66 valence electrons. The van der Waals surface area contributed by atoms with Gasteiger partial charge in [-0.1, -0.05) is 13.8 Å². The number of thiol groups is 1. The van der Waals surface area contributed by atoms with Gasteiger partial charge < -0.3 is 4.90 Å². The van der Waals surface area contributed by atoms with Crippen LogP contribution in [0.2, 0.25) is 0 Å². The first-order valence-electron chi connectivity index (χ1n) is 3.88. The Balaban J connectivity index is 3.83. The number of rotatable bonds is 3. The highest BCUT2D eigenvalue weighted by Crippen LogP contribution is 2.02. The molecule has 0 aromatic heterocycles. The van der Waals surface area contributed by atoms with Crippen molar-refractivity contribution in [1.82, 2.24) is 4.90 Å². The molecule has 0 N–H and O–H groups in total. The van der Waals surface area contributed by atoms with Gasteiger partial charge in [0.1, 0.15) is 0 Å². The van der Waals surface area contributed by atoms with Crippen LogP contribution in [0.1, 0.15) is 20.8 Å². The second-order valence-corrected chi connectivity index (χ2v) is 4.06. The Morgan fingerprint density at radius 3 is 2.18 bits per heavy atom. The Hall–Kier alpha value is -0.180. The molecule has 0 saturated carbocycles. The van der Waals surface area contributed by atoms with E-state index in [9.17, 15) is 4.79 Å². The lowest BCUT2D eigenvalue weighted by Gasteiger charge is -2.20. The fourth-order valence-electron chi connectivity index (χ4n) is 0.957. The quantitative estimate of drug-likeness (QED) is 0.643. The largest absolute Gasteiger partial charge is 0.345 e. The third-order valence-corrected chi connectivity index (χ3v) is 1.59. The Labute approximate surface area is 74.4 Å². The van der Waals surface area contributed by atoms with Gasteiger partial charge in [-0.2, -0.15) is 12.6 Å². The molecule has 0 aliphatic rings. The molecule has 0 aromatic carbocycles. The van der Waals surface area contributed by atoms with Gasteiger partial charge in [0.2, 0.25) is 5.91 Å². The van der Waals surface area contributed by atoms with Crippen LogP contribution in [0.25, 0.3) is 0 Å². The van der Waals surface area contributed by atoms with Gasteiger partial charge in [-0.05, 0) is 12.8 Å². The van der Waals surface area contributed by atoms with Crippen molar-refractivity contribution in [3.05, 3.63) is 0 Å². The monoisotopic (exact) mass is 175 g/mol. The van der Waals surface area contributed by atoms with Crippen molar-refractivity contribution < 1.29 is 4.79 Å². The fourth-order valence-corrected chi connectivity index (χ4v) is 1.15. The summed E-state index contributed by atoms with van der Waals surface area (Å²) < 4.78 is 0. The van der Waals surface area contributed by atoms with Crippen LogP contribution in [0.4, 0.5) is 0 Å². The third kappa shape index (κ3) is 4.30. The maximum atomic E-state index is 11.2. The number of hydrogen-bond donors (Lipinski definition) is 1. The van der Waals surface area contributed by atoms with Gasteiger partial charge in [-0.15, -0.1) is 0 Å². The average molecular weight is 175 g/mol. The van der Waals surface area contributed by atoms with Crippen molar-refractivity contribution in [1.29, 1.82) is 0 Å². The zero-order valence-corrected chi connectivity index (χ0v) is 8.56. The highest BCUT2D eigenvalue weighted by molar-refractivity contribution is 7.81. The van der Waals surface area contributed by atoms with E-state index in [-0.39, 0.29) is 11.2 Å². The normalized spacial score (nSPS) is 13.3. The molecule has 2 nitrogen and oxygen atoms in total. The molecule has 0 aromatic rings. The van der Waals surface area contributed by atoms with Crippen molar-refractivity contribution in [3.63, 3.8) is 0 Å². The summed E-state index contributed by atoms with van der Waals surface area (Å²) in [5, 5.41) is -0.182. The fraction of sp³-hybridized carbons (Fsp3) is 0.875. The molecule has 0 radical (unpaired) electrons. The lowest BCUT2D eigenvalue weighted by molar-refractivity contribution is -0.129. The topological polar surface area (TPSA) is 20.3 Å². The van der Waals surface area contributed by atoms with E-state index in [0.717, 1.165) is 6.54 Å². The maximum absolute atomic E-state index is 11.2. The van der Waals surface area contributed by atoms with Gasteiger partial charge in [0.25, 0.3) is 0 Å². The lowest BCUT2D eigenvalue weighted by Crippen LogP contribution is -2.34. The molecule has 0 bridgehead atoms. The number of hydrogen-bond acceptors (Lipinski definition) is 2. The van der Waals surface area contributed by atoms with E-state index in [0.29, 0.717) is 5.92 Å². The summed E-state index contributed by atoms with van der Waals surface area (Å²) in [6, 6.07) is 0. The summed E-state index contributed by atoms with van der Waals surface area (Å²) in [6.45, 7) is 6.78. The van der Waals surface area contributed by atoms with E-state index in [1.165, 1.54) is 0 Å². The van der Waals surface area contributed by atoms with Crippen LogP contribution in [0, 0.1) is 5.92 Å². The first-order valence-corrected chi connectivity index (χ1v) is 4.39. The van der Waals surface area contributed by atoms with Crippen molar-refractivity contribution in [2.75, 3.05) is 13.6 Å².